The second-order valence-electron chi connectivity index (χ2n) is 7.50. The quantitative estimate of drug-likeness (QED) is 0.516. The minimum Gasteiger partial charge on any atom is -0.357 e. The molecule has 1 heterocycles. The van der Waals surface area contributed by atoms with E-state index in [2.05, 4.69) is 67.5 Å². The number of nitrogens with one attached hydrogen (secondary N) is 2. The van der Waals surface area contributed by atoms with Crippen molar-refractivity contribution in [2.24, 2.45) is 4.99 Å². The molecule has 0 radical (unpaired) electrons. The minimum atomic E-state index is 0.314. The SMILES string of the molecule is CCNC(=NCC(C)c1ccc(C)cc1)NCCC(CC)N1CCCC1=O. The van der Waals surface area contributed by atoms with Crippen LogP contribution < -0.4 is 10.6 Å². The molecular formula is C22H36N4O. The van der Waals surface area contributed by atoms with Gasteiger partial charge < -0.3 is 15.5 Å². The average molecular weight is 373 g/mol. The second-order valence-corrected chi connectivity index (χ2v) is 7.50. The fraction of sp³-hybridized carbons (Fsp3) is 0.636. The number of amides is 1. The van der Waals surface area contributed by atoms with E-state index < -0.39 is 0 Å². The van der Waals surface area contributed by atoms with Crippen LogP contribution in [0.3, 0.4) is 0 Å². The molecule has 0 aromatic heterocycles. The molecule has 2 N–H and O–H groups in total. The van der Waals surface area contributed by atoms with Crippen LogP contribution in [-0.4, -0.2) is 49.0 Å². The fourth-order valence-corrected chi connectivity index (χ4v) is 3.56. The Hall–Kier alpha value is -2.04. The van der Waals surface area contributed by atoms with Crippen LogP contribution in [0.4, 0.5) is 0 Å². The van der Waals surface area contributed by atoms with Gasteiger partial charge in [0.05, 0.1) is 0 Å². The number of aliphatic imine (C=N–C) groups is 1. The molecule has 27 heavy (non-hydrogen) atoms. The summed E-state index contributed by atoms with van der Waals surface area (Å²) in [5, 5.41) is 6.77. The molecule has 1 aromatic carbocycles. The highest BCUT2D eigenvalue weighted by atomic mass is 16.2. The molecule has 2 rings (SSSR count). The van der Waals surface area contributed by atoms with E-state index >= 15 is 0 Å². The van der Waals surface area contributed by atoms with Crippen LogP contribution in [-0.2, 0) is 4.79 Å². The molecule has 1 aliphatic rings. The summed E-state index contributed by atoms with van der Waals surface area (Å²) in [5.74, 6) is 1.56. The number of hydrogen-bond acceptors (Lipinski definition) is 2. The predicted octanol–water partition coefficient (Wildman–Crippen LogP) is 3.44. The zero-order chi connectivity index (χ0) is 19.6. The summed E-state index contributed by atoms with van der Waals surface area (Å²) in [6.07, 6.45) is 3.68. The Balaban J connectivity index is 1.85. The Kier molecular flexibility index (Phi) is 8.62. The van der Waals surface area contributed by atoms with E-state index in [1.54, 1.807) is 0 Å². The maximum atomic E-state index is 12.0. The summed E-state index contributed by atoms with van der Waals surface area (Å²) >= 11 is 0. The van der Waals surface area contributed by atoms with E-state index in [0.717, 1.165) is 51.4 Å². The number of carbonyl (C=O) groups excluding carboxylic acids is 1. The number of hydrogen-bond donors (Lipinski definition) is 2. The van der Waals surface area contributed by atoms with Gasteiger partial charge in [-0.2, -0.15) is 0 Å². The fourth-order valence-electron chi connectivity index (χ4n) is 3.56. The van der Waals surface area contributed by atoms with E-state index in [4.69, 9.17) is 4.99 Å². The van der Waals surface area contributed by atoms with Gasteiger partial charge in [-0.15, -0.1) is 0 Å². The van der Waals surface area contributed by atoms with Crippen molar-refractivity contribution in [1.82, 2.24) is 15.5 Å². The van der Waals surface area contributed by atoms with Crippen LogP contribution in [0.2, 0.25) is 0 Å². The monoisotopic (exact) mass is 372 g/mol. The Bertz CT molecular complexity index is 611. The van der Waals surface area contributed by atoms with Gasteiger partial charge in [0.2, 0.25) is 5.91 Å². The van der Waals surface area contributed by atoms with Crippen LogP contribution >= 0.6 is 0 Å². The topological polar surface area (TPSA) is 56.7 Å². The minimum absolute atomic E-state index is 0.314. The molecule has 1 amide bonds. The third-order valence-corrected chi connectivity index (χ3v) is 5.31. The van der Waals surface area contributed by atoms with Crippen molar-refractivity contribution < 1.29 is 4.79 Å². The van der Waals surface area contributed by atoms with E-state index in [0.29, 0.717) is 24.3 Å². The smallest absolute Gasteiger partial charge is 0.222 e. The number of guanidine groups is 1. The number of rotatable bonds is 9. The van der Waals surface area contributed by atoms with Gasteiger partial charge in [0, 0.05) is 44.6 Å². The first kappa shape index (κ1) is 21.3. The van der Waals surface area contributed by atoms with Crippen molar-refractivity contribution in [3.8, 4) is 0 Å². The Morgan fingerprint density at radius 3 is 2.56 bits per heavy atom. The summed E-state index contributed by atoms with van der Waals surface area (Å²) in [4.78, 5) is 18.8. The number of carbonyl (C=O) groups is 1. The molecule has 150 valence electrons. The van der Waals surface area contributed by atoms with Gasteiger partial charge >= 0.3 is 0 Å². The van der Waals surface area contributed by atoms with Crippen molar-refractivity contribution in [2.75, 3.05) is 26.2 Å². The second kappa shape index (κ2) is 11.0. The molecule has 2 unspecified atom stereocenters. The molecule has 0 saturated carbocycles. The molecule has 5 heteroatoms. The number of benzene rings is 1. The molecule has 0 bridgehead atoms. The number of aryl methyl sites for hydroxylation is 1. The van der Waals surface area contributed by atoms with Gasteiger partial charge in [0.1, 0.15) is 0 Å². The average Bonchev–Trinajstić information content (AvgIpc) is 3.09. The van der Waals surface area contributed by atoms with Crippen LogP contribution in [0.15, 0.2) is 29.3 Å². The molecular weight excluding hydrogens is 336 g/mol. The van der Waals surface area contributed by atoms with E-state index in [1.807, 2.05) is 0 Å². The zero-order valence-electron chi connectivity index (χ0n) is 17.4. The van der Waals surface area contributed by atoms with Crippen LogP contribution in [0.25, 0.3) is 0 Å². The predicted molar refractivity (Wildman–Crippen MR) is 113 cm³/mol. The molecule has 2 atom stereocenters. The summed E-state index contributed by atoms with van der Waals surface area (Å²) < 4.78 is 0. The van der Waals surface area contributed by atoms with Crippen molar-refractivity contribution in [2.45, 2.75) is 65.3 Å². The van der Waals surface area contributed by atoms with Gasteiger partial charge in [-0.3, -0.25) is 9.79 Å². The number of nitrogens with zero attached hydrogens (tertiary/aromatic N) is 2. The van der Waals surface area contributed by atoms with Crippen LogP contribution in [0, 0.1) is 6.92 Å². The van der Waals surface area contributed by atoms with E-state index in [9.17, 15) is 4.79 Å². The lowest BCUT2D eigenvalue weighted by Crippen LogP contribution is -2.42. The molecule has 1 aliphatic heterocycles. The normalized spacial score (nSPS) is 17.1. The number of likely N-dealkylation sites (tertiary alicyclic amines) is 1. The highest BCUT2D eigenvalue weighted by Crippen LogP contribution is 2.18. The Labute approximate surface area is 164 Å². The van der Waals surface area contributed by atoms with Gasteiger partial charge in [0.25, 0.3) is 0 Å². The Morgan fingerprint density at radius 2 is 1.96 bits per heavy atom. The lowest BCUT2D eigenvalue weighted by molar-refractivity contribution is -0.129. The molecule has 1 aromatic rings. The summed E-state index contributed by atoms with van der Waals surface area (Å²) in [6.45, 7) is 11.9. The molecule has 1 fully saturated rings. The molecule has 5 nitrogen and oxygen atoms in total. The van der Waals surface area contributed by atoms with Crippen LogP contribution in [0.1, 0.15) is 63.5 Å². The van der Waals surface area contributed by atoms with E-state index in [1.165, 1.54) is 11.1 Å². The third-order valence-electron chi connectivity index (χ3n) is 5.31. The molecule has 1 saturated heterocycles. The van der Waals surface area contributed by atoms with Crippen LogP contribution in [0.5, 0.6) is 0 Å². The standard InChI is InChI=1S/C22H36N4O/c1-5-20(26-15-7-8-21(26)27)13-14-24-22(23-6-2)25-16-18(4)19-11-9-17(3)10-12-19/h9-12,18,20H,5-8,13-16H2,1-4H3,(H2,23,24,25). The first-order valence-corrected chi connectivity index (χ1v) is 10.4. The van der Waals surface area contributed by atoms with Crippen molar-refractivity contribution >= 4 is 11.9 Å². The maximum Gasteiger partial charge on any atom is 0.222 e. The Morgan fingerprint density at radius 1 is 1.22 bits per heavy atom. The lowest BCUT2D eigenvalue weighted by Gasteiger charge is -2.27. The first-order chi connectivity index (χ1) is 13.0. The zero-order valence-corrected chi connectivity index (χ0v) is 17.4. The first-order valence-electron chi connectivity index (χ1n) is 10.4. The summed E-state index contributed by atoms with van der Waals surface area (Å²) in [7, 11) is 0. The van der Waals surface area contributed by atoms with E-state index in [-0.39, 0.29) is 0 Å². The van der Waals surface area contributed by atoms with Gasteiger partial charge in [-0.25, -0.2) is 0 Å². The highest BCUT2D eigenvalue weighted by Gasteiger charge is 2.26. The van der Waals surface area contributed by atoms with Crippen molar-refractivity contribution in [3.05, 3.63) is 35.4 Å². The summed E-state index contributed by atoms with van der Waals surface area (Å²) in [5.41, 5.74) is 2.60. The molecule has 0 aliphatic carbocycles. The van der Waals surface area contributed by atoms with Gasteiger partial charge in [-0.05, 0) is 38.7 Å². The van der Waals surface area contributed by atoms with Crippen molar-refractivity contribution in [3.63, 3.8) is 0 Å². The highest BCUT2D eigenvalue weighted by molar-refractivity contribution is 5.80. The summed E-state index contributed by atoms with van der Waals surface area (Å²) in [6, 6.07) is 9.03. The van der Waals surface area contributed by atoms with Gasteiger partial charge in [0.15, 0.2) is 5.96 Å². The largest absolute Gasteiger partial charge is 0.357 e. The maximum absolute atomic E-state index is 12.0. The van der Waals surface area contributed by atoms with Gasteiger partial charge in [-0.1, -0.05) is 43.7 Å². The lowest BCUT2D eigenvalue weighted by atomic mass is 10.0. The molecule has 0 spiro atoms. The van der Waals surface area contributed by atoms with Crippen molar-refractivity contribution in [1.29, 1.82) is 0 Å². The third kappa shape index (κ3) is 6.56.